The van der Waals surface area contributed by atoms with Gasteiger partial charge in [-0.2, -0.15) is 4.98 Å². The number of carbonyl (C=O) groups is 1. The summed E-state index contributed by atoms with van der Waals surface area (Å²) in [6, 6.07) is 12.3. The molecule has 0 aliphatic carbocycles. The van der Waals surface area contributed by atoms with Gasteiger partial charge in [0.2, 0.25) is 5.82 Å². The maximum Gasteiger partial charge on any atom is 0.310 e. The van der Waals surface area contributed by atoms with Crippen molar-refractivity contribution in [2.75, 3.05) is 6.61 Å². The van der Waals surface area contributed by atoms with E-state index in [1.807, 2.05) is 31.2 Å². The quantitative estimate of drug-likeness (QED) is 0.528. The van der Waals surface area contributed by atoms with Crippen LogP contribution in [0.4, 0.5) is 0 Å². The molecule has 3 rings (SSSR count). The lowest BCUT2D eigenvalue weighted by Crippen LogP contribution is -2.08. The van der Waals surface area contributed by atoms with Gasteiger partial charge in [-0.15, -0.1) is 0 Å². The van der Waals surface area contributed by atoms with Crippen LogP contribution in [0.1, 0.15) is 18.4 Å². The fraction of sp³-hybridized carbons (Fsp3) is 0.211. The van der Waals surface area contributed by atoms with Crippen LogP contribution in [0.15, 0.2) is 47.0 Å². The van der Waals surface area contributed by atoms with Gasteiger partial charge in [-0.1, -0.05) is 46.6 Å². The molecule has 0 spiro atoms. The number of nitrogens with zero attached hydrogens (tertiary/aromatic N) is 2. The van der Waals surface area contributed by atoms with E-state index >= 15 is 0 Å². The smallest absolute Gasteiger partial charge is 0.310 e. The minimum Gasteiger partial charge on any atom is -0.493 e. The van der Waals surface area contributed by atoms with Crippen molar-refractivity contribution in [1.82, 2.24) is 10.1 Å². The summed E-state index contributed by atoms with van der Waals surface area (Å²) in [5.74, 6) is 0.744. The SMILES string of the molecule is CCOc1ccccc1-c1noc(COC(=O)Cc2ccc(Cl)cc2Cl)n1. The zero-order chi connectivity index (χ0) is 19.2. The van der Waals surface area contributed by atoms with Crippen molar-refractivity contribution in [1.29, 1.82) is 0 Å². The monoisotopic (exact) mass is 406 g/mol. The summed E-state index contributed by atoms with van der Waals surface area (Å²) >= 11 is 11.9. The first-order chi connectivity index (χ1) is 13.1. The Kier molecular flexibility index (Phi) is 6.32. The molecule has 27 heavy (non-hydrogen) atoms. The molecule has 0 radical (unpaired) electrons. The predicted octanol–water partition coefficient (Wildman–Crippen LogP) is 4.73. The van der Waals surface area contributed by atoms with E-state index in [0.29, 0.717) is 39.4 Å². The summed E-state index contributed by atoms with van der Waals surface area (Å²) in [4.78, 5) is 16.3. The molecule has 1 aromatic heterocycles. The van der Waals surface area contributed by atoms with Gasteiger partial charge in [0.05, 0.1) is 18.6 Å². The van der Waals surface area contributed by atoms with Gasteiger partial charge in [0.25, 0.3) is 5.89 Å². The van der Waals surface area contributed by atoms with Crippen LogP contribution >= 0.6 is 23.2 Å². The number of ether oxygens (including phenoxy) is 2. The van der Waals surface area contributed by atoms with Gasteiger partial charge in [-0.05, 0) is 36.8 Å². The van der Waals surface area contributed by atoms with Gasteiger partial charge in [-0.25, -0.2) is 0 Å². The molecule has 0 unspecified atom stereocenters. The number of hydrogen-bond donors (Lipinski definition) is 0. The molecule has 0 N–H and O–H groups in total. The Hall–Kier alpha value is -2.57. The van der Waals surface area contributed by atoms with Gasteiger partial charge in [0, 0.05) is 10.0 Å². The summed E-state index contributed by atoms with van der Waals surface area (Å²) in [5.41, 5.74) is 1.33. The highest BCUT2D eigenvalue weighted by atomic mass is 35.5. The minimum atomic E-state index is -0.464. The van der Waals surface area contributed by atoms with E-state index in [-0.39, 0.29) is 18.9 Å². The Balaban J connectivity index is 1.62. The molecular weight excluding hydrogens is 391 g/mol. The Morgan fingerprint density at radius 3 is 2.78 bits per heavy atom. The third-order valence-corrected chi connectivity index (χ3v) is 4.19. The van der Waals surface area contributed by atoms with E-state index in [9.17, 15) is 4.79 Å². The highest BCUT2D eigenvalue weighted by Crippen LogP contribution is 2.27. The number of rotatable bonds is 7. The summed E-state index contributed by atoms with van der Waals surface area (Å²) < 4.78 is 15.9. The van der Waals surface area contributed by atoms with E-state index in [2.05, 4.69) is 10.1 Å². The number of para-hydroxylation sites is 1. The molecule has 0 saturated carbocycles. The first kappa shape index (κ1) is 19.2. The van der Waals surface area contributed by atoms with E-state index in [1.165, 1.54) is 0 Å². The minimum absolute atomic E-state index is 0.0180. The van der Waals surface area contributed by atoms with Crippen LogP contribution < -0.4 is 4.74 Å². The number of halogens is 2. The second-order valence-corrected chi connectivity index (χ2v) is 6.36. The average molecular weight is 407 g/mol. The van der Waals surface area contributed by atoms with Crippen molar-refractivity contribution >= 4 is 29.2 Å². The molecule has 0 atom stereocenters. The fourth-order valence-corrected chi connectivity index (χ4v) is 2.84. The summed E-state index contributed by atoms with van der Waals surface area (Å²) in [6.07, 6.45) is 0.0180. The normalized spacial score (nSPS) is 10.6. The van der Waals surface area contributed by atoms with Gasteiger partial charge in [0.1, 0.15) is 5.75 Å². The number of esters is 1. The Bertz CT molecular complexity index is 943. The lowest BCUT2D eigenvalue weighted by molar-refractivity contribution is -0.144. The highest BCUT2D eigenvalue weighted by Gasteiger charge is 2.15. The van der Waals surface area contributed by atoms with Crippen LogP contribution in [-0.4, -0.2) is 22.7 Å². The first-order valence-corrected chi connectivity index (χ1v) is 8.96. The third kappa shape index (κ3) is 4.99. The molecule has 0 saturated heterocycles. The number of hydrogen-bond acceptors (Lipinski definition) is 6. The van der Waals surface area contributed by atoms with Crippen molar-refractivity contribution in [2.45, 2.75) is 20.0 Å². The van der Waals surface area contributed by atoms with Gasteiger partial charge in [-0.3, -0.25) is 4.79 Å². The van der Waals surface area contributed by atoms with E-state index in [4.69, 9.17) is 37.2 Å². The van der Waals surface area contributed by atoms with E-state index in [1.54, 1.807) is 18.2 Å². The molecule has 2 aromatic carbocycles. The molecule has 0 bridgehead atoms. The van der Waals surface area contributed by atoms with Crippen LogP contribution in [0.25, 0.3) is 11.4 Å². The number of benzene rings is 2. The van der Waals surface area contributed by atoms with Crippen molar-refractivity contribution in [3.8, 4) is 17.1 Å². The second-order valence-electron chi connectivity index (χ2n) is 5.51. The molecule has 0 aliphatic heterocycles. The molecule has 1 heterocycles. The zero-order valence-corrected chi connectivity index (χ0v) is 16.0. The summed E-state index contributed by atoms with van der Waals surface area (Å²) in [7, 11) is 0. The van der Waals surface area contributed by atoms with Crippen LogP contribution in [0.5, 0.6) is 5.75 Å². The maximum atomic E-state index is 12.0. The molecule has 0 fully saturated rings. The molecule has 8 heteroatoms. The Labute approximate surface area is 166 Å². The topological polar surface area (TPSA) is 74.5 Å². The van der Waals surface area contributed by atoms with Gasteiger partial charge < -0.3 is 14.0 Å². The molecule has 140 valence electrons. The Morgan fingerprint density at radius 1 is 1.19 bits per heavy atom. The van der Waals surface area contributed by atoms with Crippen LogP contribution in [0.3, 0.4) is 0 Å². The van der Waals surface area contributed by atoms with Crippen molar-refractivity contribution in [3.05, 3.63) is 64.0 Å². The fourth-order valence-electron chi connectivity index (χ4n) is 2.37. The number of aromatic nitrogens is 2. The standard InChI is InChI=1S/C19H16Cl2N2O4/c1-2-25-16-6-4-3-5-14(16)19-22-17(27-23-19)11-26-18(24)9-12-7-8-13(20)10-15(12)21/h3-8,10H,2,9,11H2,1H3. The third-order valence-electron chi connectivity index (χ3n) is 3.60. The second kappa shape index (κ2) is 8.88. The number of carbonyl (C=O) groups excluding carboxylic acids is 1. The van der Waals surface area contributed by atoms with Crippen molar-refractivity contribution in [3.63, 3.8) is 0 Å². The maximum absolute atomic E-state index is 12.0. The average Bonchev–Trinajstić information content (AvgIpc) is 3.12. The van der Waals surface area contributed by atoms with Crippen molar-refractivity contribution in [2.24, 2.45) is 0 Å². The lowest BCUT2D eigenvalue weighted by Gasteiger charge is -2.06. The van der Waals surface area contributed by atoms with Gasteiger partial charge in [0.15, 0.2) is 6.61 Å². The van der Waals surface area contributed by atoms with Crippen LogP contribution in [0, 0.1) is 0 Å². The predicted molar refractivity (Wildman–Crippen MR) is 101 cm³/mol. The van der Waals surface area contributed by atoms with E-state index < -0.39 is 5.97 Å². The molecule has 0 amide bonds. The molecular formula is C19H16Cl2N2O4. The Morgan fingerprint density at radius 2 is 2.00 bits per heavy atom. The summed E-state index contributed by atoms with van der Waals surface area (Å²) in [5, 5.41) is 4.83. The first-order valence-electron chi connectivity index (χ1n) is 8.21. The van der Waals surface area contributed by atoms with Gasteiger partial charge >= 0.3 is 5.97 Å². The molecule has 3 aromatic rings. The molecule has 6 nitrogen and oxygen atoms in total. The van der Waals surface area contributed by atoms with Crippen LogP contribution in [-0.2, 0) is 22.6 Å². The highest BCUT2D eigenvalue weighted by molar-refractivity contribution is 6.35. The zero-order valence-electron chi connectivity index (χ0n) is 14.4. The van der Waals surface area contributed by atoms with Crippen LogP contribution in [0.2, 0.25) is 10.0 Å². The summed E-state index contributed by atoms with van der Waals surface area (Å²) in [6.45, 7) is 2.28. The van der Waals surface area contributed by atoms with E-state index in [0.717, 1.165) is 0 Å². The lowest BCUT2D eigenvalue weighted by atomic mass is 10.1. The molecule has 0 aliphatic rings. The largest absolute Gasteiger partial charge is 0.493 e. The van der Waals surface area contributed by atoms with Crippen molar-refractivity contribution < 1.29 is 18.8 Å².